The zero-order chi connectivity index (χ0) is 14.5. The van der Waals surface area contributed by atoms with Crippen molar-refractivity contribution in [1.82, 2.24) is 0 Å². The average molecular weight is 281 g/mol. The van der Waals surface area contributed by atoms with Crippen molar-refractivity contribution in [1.29, 1.82) is 0 Å². The van der Waals surface area contributed by atoms with E-state index in [-0.39, 0.29) is 0 Å². The first kappa shape index (κ1) is 15.9. The number of rotatable bonds is 6. The van der Waals surface area contributed by atoms with E-state index in [1.54, 1.807) is 0 Å². The van der Waals surface area contributed by atoms with Gasteiger partial charge in [-0.05, 0) is 44.7 Å². The van der Waals surface area contributed by atoms with Gasteiger partial charge in [0, 0.05) is 6.21 Å². The molecular formula is C15H23NO2S. The smallest absolute Gasteiger partial charge is 0.199 e. The van der Waals surface area contributed by atoms with E-state index < -0.39 is 10.0 Å². The summed E-state index contributed by atoms with van der Waals surface area (Å²) in [6.45, 7) is 7.72. The largest absolute Gasteiger partial charge is 0.282 e. The van der Waals surface area contributed by atoms with Crippen LogP contribution < -0.4 is 0 Å². The minimum absolute atomic E-state index is 0.352. The predicted octanol–water partition coefficient (Wildman–Crippen LogP) is 3.95. The van der Waals surface area contributed by atoms with E-state index in [1.165, 1.54) is 6.21 Å². The highest BCUT2D eigenvalue weighted by molar-refractivity contribution is 7.90. The van der Waals surface area contributed by atoms with Gasteiger partial charge in [0.15, 0.2) is 0 Å². The van der Waals surface area contributed by atoms with Crippen LogP contribution in [0.5, 0.6) is 0 Å². The highest BCUT2D eigenvalue weighted by atomic mass is 32.2. The van der Waals surface area contributed by atoms with Gasteiger partial charge < -0.3 is 0 Å². The molecule has 0 spiro atoms. The lowest BCUT2D eigenvalue weighted by Crippen LogP contribution is -2.03. The second-order valence-corrected chi connectivity index (χ2v) is 6.56. The molecule has 1 aromatic rings. The van der Waals surface area contributed by atoms with Crippen molar-refractivity contribution >= 4 is 16.2 Å². The monoisotopic (exact) mass is 281 g/mol. The Balaban J connectivity index is 2.95. The molecule has 0 amide bonds. The lowest BCUT2D eigenvalue weighted by atomic mass is 10.1. The Morgan fingerprint density at radius 3 is 2.21 bits per heavy atom. The van der Waals surface area contributed by atoms with E-state index in [0.29, 0.717) is 4.90 Å². The van der Waals surface area contributed by atoms with Gasteiger partial charge in [-0.2, -0.15) is 12.8 Å². The van der Waals surface area contributed by atoms with E-state index in [0.717, 1.165) is 42.4 Å². The molecule has 0 fully saturated rings. The molecule has 1 rings (SSSR count). The molecule has 3 nitrogen and oxygen atoms in total. The summed E-state index contributed by atoms with van der Waals surface area (Å²) in [6.07, 6.45) is 5.47. The number of benzene rings is 1. The molecule has 1 aromatic carbocycles. The minimum atomic E-state index is -3.56. The van der Waals surface area contributed by atoms with Gasteiger partial charge in [-0.15, -0.1) is 0 Å². The Kier molecular flexibility index (Phi) is 5.73. The molecule has 0 atom stereocenters. The number of aryl methyl sites for hydroxylation is 3. The molecule has 0 bridgehead atoms. The van der Waals surface area contributed by atoms with Crippen molar-refractivity contribution in [3.8, 4) is 0 Å². The molecule has 0 aromatic heterocycles. The fourth-order valence-electron chi connectivity index (χ4n) is 2.26. The molecule has 0 aliphatic heterocycles. The lowest BCUT2D eigenvalue weighted by molar-refractivity contribution is 0.596. The van der Waals surface area contributed by atoms with Crippen LogP contribution in [0.3, 0.4) is 0 Å². The fraction of sp³-hybridized carbons (Fsp3) is 0.533. The number of sulfonamides is 1. The van der Waals surface area contributed by atoms with Crippen molar-refractivity contribution in [2.24, 2.45) is 4.40 Å². The van der Waals surface area contributed by atoms with Crippen LogP contribution in [0.25, 0.3) is 0 Å². The molecule has 0 radical (unpaired) electrons. The Bertz CT molecular complexity index is 537. The van der Waals surface area contributed by atoms with Gasteiger partial charge in [0.1, 0.15) is 0 Å². The molecule has 0 saturated heterocycles. The summed E-state index contributed by atoms with van der Waals surface area (Å²) < 4.78 is 28.2. The summed E-state index contributed by atoms with van der Waals surface area (Å²) >= 11 is 0. The lowest BCUT2D eigenvalue weighted by Gasteiger charge is -2.08. The number of hydrogen-bond donors (Lipinski definition) is 0. The molecular weight excluding hydrogens is 258 g/mol. The molecule has 0 unspecified atom stereocenters. The van der Waals surface area contributed by atoms with Gasteiger partial charge in [-0.3, -0.25) is 0 Å². The molecule has 0 saturated carbocycles. The SMILES string of the molecule is CCCCC/C=N\S(=O)(=O)c1c(C)cc(C)cc1C. The van der Waals surface area contributed by atoms with Crippen LogP contribution in [0.4, 0.5) is 0 Å². The Morgan fingerprint density at radius 2 is 1.68 bits per heavy atom. The normalized spacial score (nSPS) is 12.2. The summed E-state index contributed by atoms with van der Waals surface area (Å²) in [4.78, 5) is 0.352. The molecule has 106 valence electrons. The number of nitrogens with zero attached hydrogens (tertiary/aromatic N) is 1. The zero-order valence-electron chi connectivity index (χ0n) is 12.2. The molecule has 0 heterocycles. The predicted molar refractivity (Wildman–Crippen MR) is 80.5 cm³/mol. The standard InChI is InChI=1S/C15H23NO2S/c1-5-6-7-8-9-16-19(17,18)15-13(3)10-12(2)11-14(15)4/h9-11H,5-8H2,1-4H3/b16-9-. The van der Waals surface area contributed by atoms with Crippen molar-refractivity contribution in [3.63, 3.8) is 0 Å². The van der Waals surface area contributed by atoms with Crippen LogP contribution >= 0.6 is 0 Å². The number of hydrogen-bond acceptors (Lipinski definition) is 2. The van der Waals surface area contributed by atoms with E-state index >= 15 is 0 Å². The molecule has 4 heteroatoms. The summed E-state index contributed by atoms with van der Waals surface area (Å²) in [5.74, 6) is 0. The second-order valence-electron chi connectivity index (χ2n) is 4.99. The van der Waals surface area contributed by atoms with Gasteiger partial charge >= 0.3 is 0 Å². The first-order chi connectivity index (χ1) is 8.88. The van der Waals surface area contributed by atoms with Gasteiger partial charge in [-0.1, -0.05) is 37.5 Å². The highest BCUT2D eigenvalue weighted by Crippen LogP contribution is 2.23. The summed E-state index contributed by atoms with van der Waals surface area (Å²) in [6, 6.07) is 3.76. The maximum atomic E-state index is 12.2. The van der Waals surface area contributed by atoms with Crippen molar-refractivity contribution in [3.05, 3.63) is 28.8 Å². The van der Waals surface area contributed by atoms with E-state index in [2.05, 4.69) is 11.3 Å². The first-order valence-electron chi connectivity index (χ1n) is 6.75. The third-order valence-electron chi connectivity index (χ3n) is 3.01. The molecule has 0 aliphatic rings. The second kappa shape index (κ2) is 6.85. The maximum Gasteiger partial charge on any atom is 0.282 e. The minimum Gasteiger partial charge on any atom is -0.199 e. The van der Waals surface area contributed by atoms with Gasteiger partial charge in [0.05, 0.1) is 4.90 Å². The van der Waals surface area contributed by atoms with E-state index in [4.69, 9.17) is 0 Å². The summed E-state index contributed by atoms with van der Waals surface area (Å²) in [5, 5.41) is 0. The van der Waals surface area contributed by atoms with Crippen LogP contribution in [0.2, 0.25) is 0 Å². The van der Waals surface area contributed by atoms with Gasteiger partial charge in [0.2, 0.25) is 0 Å². The fourth-order valence-corrected chi connectivity index (χ4v) is 3.60. The van der Waals surface area contributed by atoms with Crippen LogP contribution in [-0.2, 0) is 10.0 Å². The third kappa shape index (κ3) is 4.46. The summed E-state index contributed by atoms with van der Waals surface area (Å²) in [5.41, 5.74) is 2.60. The van der Waals surface area contributed by atoms with Crippen LogP contribution in [0, 0.1) is 20.8 Å². The first-order valence-corrected chi connectivity index (χ1v) is 8.19. The van der Waals surface area contributed by atoms with Crippen molar-refractivity contribution in [2.45, 2.75) is 58.3 Å². The van der Waals surface area contributed by atoms with Gasteiger partial charge in [0.25, 0.3) is 10.0 Å². The maximum absolute atomic E-state index is 12.2. The Morgan fingerprint density at radius 1 is 1.11 bits per heavy atom. The van der Waals surface area contributed by atoms with E-state index in [1.807, 2.05) is 32.9 Å². The average Bonchev–Trinajstić information content (AvgIpc) is 2.26. The van der Waals surface area contributed by atoms with Crippen LogP contribution in [-0.4, -0.2) is 14.6 Å². The molecule has 0 aliphatic carbocycles. The molecule has 0 N–H and O–H groups in total. The third-order valence-corrected chi connectivity index (χ3v) is 4.60. The van der Waals surface area contributed by atoms with Gasteiger partial charge in [-0.25, -0.2) is 0 Å². The zero-order valence-corrected chi connectivity index (χ0v) is 13.0. The quantitative estimate of drug-likeness (QED) is 0.585. The van der Waals surface area contributed by atoms with E-state index in [9.17, 15) is 8.42 Å². The molecule has 19 heavy (non-hydrogen) atoms. The van der Waals surface area contributed by atoms with Crippen molar-refractivity contribution in [2.75, 3.05) is 0 Å². The van der Waals surface area contributed by atoms with Crippen LogP contribution in [0.15, 0.2) is 21.4 Å². The van der Waals surface area contributed by atoms with Crippen LogP contribution in [0.1, 0.15) is 49.3 Å². The number of unbranched alkanes of at least 4 members (excludes halogenated alkanes) is 3. The van der Waals surface area contributed by atoms with Crippen molar-refractivity contribution < 1.29 is 8.42 Å². The Hall–Kier alpha value is -1.16. The topological polar surface area (TPSA) is 46.5 Å². The Labute approximate surface area is 116 Å². The summed E-state index contributed by atoms with van der Waals surface area (Å²) in [7, 11) is -3.56. The highest BCUT2D eigenvalue weighted by Gasteiger charge is 2.18.